The average molecular weight is 661 g/mol. The highest BCUT2D eigenvalue weighted by Crippen LogP contribution is 2.45. The fourth-order valence-electron chi connectivity index (χ4n) is 3.40. The SMILES string of the molecule is CC(C)(C)[Si](C)(C)ON(C(=O)CCCCCCC(=O)N(O[Si](C)(C)C(C)(C)C)[Si](C)(C)C(C)(C)C)[Si](C)(C)C(C)(C)C. The van der Waals surface area contributed by atoms with Crippen LogP contribution < -0.4 is 0 Å². The Balaban J connectivity index is 5.44. The summed E-state index contributed by atoms with van der Waals surface area (Å²) in [6.07, 6.45) is 4.44. The molecule has 0 fully saturated rings. The number of nitrogens with zero attached hydrogens (tertiary/aromatic N) is 2. The number of rotatable bonds is 13. The maximum Gasteiger partial charge on any atom is 0.236 e. The third-order valence-corrected chi connectivity index (χ3v) is 29.8. The predicted molar refractivity (Wildman–Crippen MR) is 192 cm³/mol. The van der Waals surface area contributed by atoms with E-state index in [-0.39, 0.29) is 32.0 Å². The van der Waals surface area contributed by atoms with Gasteiger partial charge in [-0.3, -0.25) is 19.0 Å². The summed E-state index contributed by atoms with van der Waals surface area (Å²) in [5, 5.41) is 0.0296. The van der Waals surface area contributed by atoms with Crippen LogP contribution in [0.25, 0.3) is 0 Å². The van der Waals surface area contributed by atoms with Crippen molar-refractivity contribution in [2.24, 2.45) is 0 Å². The van der Waals surface area contributed by atoms with Gasteiger partial charge in [0.1, 0.15) is 0 Å². The molecule has 0 aromatic carbocycles. The molecule has 250 valence electrons. The van der Waals surface area contributed by atoms with Crippen LogP contribution in [0.5, 0.6) is 0 Å². The quantitative estimate of drug-likeness (QED) is 0.112. The summed E-state index contributed by atoms with van der Waals surface area (Å²) >= 11 is 0. The molecule has 0 bridgehead atoms. The molecular formula is C32H72N2O4Si4. The fourth-order valence-corrected chi connectivity index (χ4v) is 11.0. The van der Waals surface area contributed by atoms with Crippen LogP contribution in [0, 0.1) is 0 Å². The number of amides is 2. The lowest BCUT2D eigenvalue weighted by molar-refractivity contribution is -0.147. The zero-order chi connectivity index (χ0) is 34.0. The molecule has 0 aliphatic heterocycles. The molecule has 0 saturated carbocycles. The first-order valence-electron chi connectivity index (χ1n) is 16.3. The number of hydrogen-bond acceptors (Lipinski definition) is 4. The van der Waals surface area contributed by atoms with Crippen LogP contribution in [0.2, 0.25) is 72.5 Å². The van der Waals surface area contributed by atoms with Gasteiger partial charge in [-0.2, -0.15) is 0 Å². The van der Waals surface area contributed by atoms with Crippen LogP contribution in [-0.4, -0.2) is 54.4 Å². The summed E-state index contributed by atoms with van der Waals surface area (Å²) in [5.41, 5.74) is 0. The van der Waals surface area contributed by atoms with E-state index in [9.17, 15) is 9.59 Å². The van der Waals surface area contributed by atoms with Crippen molar-refractivity contribution in [3.05, 3.63) is 0 Å². The van der Waals surface area contributed by atoms with Crippen molar-refractivity contribution in [1.82, 2.24) is 9.46 Å². The van der Waals surface area contributed by atoms with Gasteiger partial charge in [-0.25, -0.2) is 0 Å². The number of carbonyl (C=O) groups is 2. The first-order chi connectivity index (χ1) is 18.2. The molecular weight excluding hydrogens is 589 g/mol. The van der Waals surface area contributed by atoms with Crippen molar-refractivity contribution in [2.75, 3.05) is 0 Å². The fraction of sp³-hybridized carbons (Fsp3) is 0.938. The molecule has 0 spiro atoms. The van der Waals surface area contributed by atoms with Gasteiger partial charge < -0.3 is 9.05 Å². The monoisotopic (exact) mass is 660 g/mol. The van der Waals surface area contributed by atoms with Gasteiger partial charge in [0.15, 0.2) is 16.5 Å². The Labute approximate surface area is 266 Å². The van der Waals surface area contributed by atoms with Crippen molar-refractivity contribution in [3.63, 3.8) is 0 Å². The summed E-state index contributed by atoms with van der Waals surface area (Å²) in [7, 11) is -8.77. The Morgan fingerprint density at radius 1 is 0.452 bits per heavy atom. The van der Waals surface area contributed by atoms with E-state index in [2.05, 4.69) is 135 Å². The lowest BCUT2D eigenvalue weighted by Gasteiger charge is -2.49. The van der Waals surface area contributed by atoms with E-state index in [4.69, 9.17) is 9.05 Å². The first kappa shape index (κ1) is 41.7. The van der Waals surface area contributed by atoms with Gasteiger partial charge >= 0.3 is 0 Å². The number of carbonyl (C=O) groups excluding carboxylic acids is 2. The normalized spacial score (nSPS) is 14.7. The van der Waals surface area contributed by atoms with E-state index in [0.29, 0.717) is 12.8 Å². The van der Waals surface area contributed by atoms with E-state index in [1.54, 1.807) is 0 Å². The number of unbranched alkanes of at least 4 members (excludes halogenated alkanes) is 3. The van der Waals surface area contributed by atoms with Crippen molar-refractivity contribution in [1.29, 1.82) is 0 Å². The molecule has 0 N–H and O–H groups in total. The van der Waals surface area contributed by atoms with E-state index in [0.717, 1.165) is 25.7 Å². The molecule has 0 aromatic heterocycles. The molecule has 0 atom stereocenters. The zero-order valence-electron chi connectivity index (χ0n) is 31.8. The second-order valence-electron chi connectivity index (χ2n) is 18.6. The molecule has 2 amide bonds. The first-order valence-corrected chi connectivity index (χ1v) is 28.0. The van der Waals surface area contributed by atoms with Gasteiger partial charge in [-0.05, 0) is 85.4 Å². The van der Waals surface area contributed by atoms with Gasteiger partial charge in [-0.1, -0.05) is 95.9 Å². The maximum atomic E-state index is 13.7. The molecule has 6 nitrogen and oxygen atoms in total. The van der Waals surface area contributed by atoms with Crippen molar-refractivity contribution >= 4 is 44.9 Å². The maximum absolute atomic E-state index is 13.7. The van der Waals surface area contributed by atoms with Crippen molar-refractivity contribution in [2.45, 2.75) is 194 Å². The molecule has 0 heterocycles. The van der Waals surface area contributed by atoms with Crippen molar-refractivity contribution in [3.8, 4) is 0 Å². The van der Waals surface area contributed by atoms with Crippen LogP contribution >= 0.6 is 0 Å². The smallest absolute Gasteiger partial charge is 0.236 e. The van der Waals surface area contributed by atoms with E-state index in [1.807, 2.05) is 9.46 Å². The molecule has 0 aliphatic carbocycles. The largest absolute Gasteiger partial charge is 0.325 e. The van der Waals surface area contributed by atoms with E-state index in [1.165, 1.54) is 0 Å². The van der Waals surface area contributed by atoms with Gasteiger partial charge in [0, 0.05) is 12.8 Å². The molecule has 42 heavy (non-hydrogen) atoms. The predicted octanol–water partition coefficient (Wildman–Crippen LogP) is 10.9. The van der Waals surface area contributed by atoms with Crippen LogP contribution in [0.4, 0.5) is 0 Å². The topological polar surface area (TPSA) is 59.1 Å². The Morgan fingerprint density at radius 2 is 0.690 bits per heavy atom. The van der Waals surface area contributed by atoms with Crippen LogP contribution in [-0.2, 0) is 18.6 Å². The standard InChI is InChI=1S/C32H72N2O4Si4/c1-29(2,3)39(13,14)33(37-41(17,18)31(7,8)9)27(35)25-23-21-22-24-26-28(36)34(40(15,16)30(4,5)6)38-42(19,20)32(10,11)12/h21-26H2,1-20H3. The minimum Gasteiger partial charge on any atom is -0.325 e. The highest BCUT2D eigenvalue weighted by Gasteiger charge is 2.51. The zero-order valence-corrected chi connectivity index (χ0v) is 35.8. The summed E-state index contributed by atoms with van der Waals surface area (Å²) in [5.74, 6) is 0.240. The molecule has 0 unspecified atom stereocenters. The lowest BCUT2D eigenvalue weighted by atomic mass is 10.1. The summed E-state index contributed by atoms with van der Waals surface area (Å²) in [4.78, 5) is 27.4. The molecule has 0 aliphatic rings. The third kappa shape index (κ3) is 10.7. The minimum atomic E-state index is -2.22. The number of hydroxylamine groups is 2. The molecule has 10 heteroatoms. The van der Waals surface area contributed by atoms with Crippen LogP contribution in [0.1, 0.15) is 122 Å². The summed E-state index contributed by atoms with van der Waals surface area (Å²) < 4.78 is 17.2. The van der Waals surface area contributed by atoms with Gasteiger partial charge in [-0.15, -0.1) is 0 Å². The Morgan fingerprint density at radius 3 is 0.881 bits per heavy atom. The van der Waals surface area contributed by atoms with Crippen LogP contribution in [0.15, 0.2) is 0 Å². The lowest BCUT2D eigenvalue weighted by Crippen LogP contribution is -2.62. The highest BCUT2D eigenvalue weighted by atomic mass is 28.4. The van der Waals surface area contributed by atoms with Gasteiger partial charge in [0.25, 0.3) is 0 Å². The molecule has 0 aromatic rings. The molecule has 0 rings (SSSR count). The van der Waals surface area contributed by atoms with Gasteiger partial charge in [0.2, 0.25) is 28.4 Å². The van der Waals surface area contributed by atoms with Gasteiger partial charge in [0.05, 0.1) is 0 Å². The average Bonchev–Trinajstić information content (AvgIpc) is 2.74. The highest BCUT2D eigenvalue weighted by molar-refractivity contribution is 6.81. The Kier molecular flexibility index (Phi) is 13.9. The van der Waals surface area contributed by atoms with Crippen molar-refractivity contribution < 1.29 is 18.6 Å². The summed E-state index contributed by atoms with van der Waals surface area (Å²) in [6.45, 7) is 44.6. The minimum absolute atomic E-state index is 0.00606. The number of hydrogen-bond donors (Lipinski definition) is 0. The Hall–Kier alpha value is -0.272. The molecule has 0 saturated heterocycles. The van der Waals surface area contributed by atoms with Crippen LogP contribution in [0.3, 0.4) is 0 Å². The summed E-state index contributed by atoms with van der Waals surface area (Å²) in [6, 6.07) is 0. The van der Waals surface area contributed by atoms with E-state index < -0.39 is 33.1 Å². The molecule has 0 radical (unpaired) electrons. The van der Waals surface area contributed by atoms with E-state index >= 15 is 0 Å². The second-order valence-corrected chi connectivity index (χ2v) is 38.1. The Bertz CT molecular complexity index is 831. The third-order valence-electron chi connectivity index (χ3n) is 10.9. The second kappa shape index (κ2) is 14.0.